The number of esters is 2. The molecule has 0 N–H and O–H groups in total. The fourth-order valence-electron chi connectivity index (χ4n) is 2.97. The summed E-state index contributed by atoms with van der Waals surface area (Å²) in [5.74, 6) is 0.273. The third-order valence-corrected chi connectivity index (χ3v) is 5.52. The van der Waals surface area contributed by atoms with E-state index in [2.05, 4.69) is 31.9 Å². The summed E-state index contributed by atoms with van der Waals surface area (Å²) in [6, 6.07) is 14.3. The van der Waals surface area contributed by atoms with Gasteiger partial charge in [0.1, 0.15) is 11.5 Å². The molecular weight excluding hydrogens is 464 g/mol. The Balaban J connectivity index is 1.48. The summed E-state index contributed by atoms with van der Waals surface area (Å²) in [7, 11) is 0. The maximum absolute atomic E-state index is 12.3. The lowest BCUT2D eigenvalue weighted by Gasteiger charge is -2.25. The highest BCUT2D eigenvalue weighted by molar-refractivity contribution is 9.10. The Morgan fingerprint density at radius 3 is 1.27 bits per heavy atom. The van der Waals surface area contributed by atoms with Crippen LogP contribution in [0.25, 0.3) is 0 Å². The zero-order chi connectivity index (χ0) is 18.5. The average molecular weight is 482 g/mol. The zero-order valence-corrected chi connectivity index (χ0v) is 17.2. The van der Waals surface area contributed by atoms with Crippen molar-refractivity contribution in [2.45, 2.75) is 25.7 Å². The van der Waals surface area contributed by atoms with E-state index >= 15 is 0 Å². The van der Waals surface area contributed by atoms with E-state index in [1.54, 1.807) is 24.3 Å². The summed E-state index contributed by atoms with van der Waals surface area (Å²) in [4.78, 5) is 24.6. The molecule has 0 radical (unpaired) electrons. The van der Waals surface area contributed by atoms with Crippen LogP contribution in [-0.4, -0.2) is 11.9 Å². The van der Waals surface area contributed by atoms with Crippen molar-refractivity contribution in [3.05, 3.63) is 57.5 Å². The topological polar surface area (TPSA) is 52.6 Å². The summed E-state index contributed by atoms with van der Waals surface area (Å²) in [5.41, 5.74) is 0. The SMILES string of the molecule is O=C(Oc1ccc(Br)cc1)C1CCC(C(=O)Oc2ccc(Br)cc2)CC1. The fraction of sp³-hybridized carbons (Fsp3) is 0.300. The monoisotopic (exact) mass is 480 g/mol. The molecule has 2 aromatic rings. The highest BCUT2D eigenvalue weighted by atomic mass is 79.9. The highest BCUT2D eigenvalue weighted by Gasteiger charge is 2.32. The molecule has 0 amide bonds. The number of carbonyl (C=O) groups is 2. The maximum atomic E-state index is 12.3. The van der Waals surface area contributed by atoms with Crippen LogP contribution >= 0.6 is 31.9 Å². The van der Waals surface area contributed by atoms with Crippen molar-refractivity contribution in [1.29, 1.82) is 0 Å². The molecule has 0 aromatic heterocycles. The minimum atomic E-state index is -0.230. The molecule has 0 spiro atoms. The normalized spacial score (nSPS) is 19.6. The summed E-state index contributed by atoms with van der Waals surface area (Å²) < 4.78 is 12.7. The number of carbonyl (C=O) groups excluding carboxylic acids is 2. The largest absolute Gasteiger partial charge is 0.426 e. The first-order valence-corrected chi connectivity index (χ1v) is 10.0. The lowest BCUT2D eigenvalue weighted by Crippen LogP contribution is -2.30. The van der Waals surface area contributed by atoms with Crippen molar-refractivity contribution in [3.63, 3.8) is 0 Å². The summed E-state index contributed by atoms with van der Waals surface area (Å²) >= 11 is 6.70. The Kier molecular flexibility index (Phi) is 6.48. The van der Waals surface area contributed by atoms with Gasteiger partial charge in [-0.3, -0.25) is 9.59 Å². The van der Waals surface area contributed by atoms with Gasteiger partial charge < -0.3 is 9.47 Å². The Bertz CT molecular complexity index is 696. The minimum Gasteiger partial charge on any atom is -0.426 e. The lowest BCUT2D eigenvalue weighted by molar-refractivity contribution is -0.145. The van der Waals surface area contributed by atoms with E-state index < -0.39 is 0 Å². The number of halogens is 2. The maximum Gasteiger partial charge on any atom is 0.314 e. The summed E-state index contributed by atoms with van der Waals surface area (Å²) in [6.45, 7) is 0. The molecule has 1 aliphatic carbocycles. The summed E-state index contributed by atoms with van der Waals surface area (Å²) in [5, 5.41) is 0. The van der Waals surface area contributed by atoms with Gasteiger partial charge in [-0.2, -0.15) is 0 Å². The van der Waals surface area contributed by atoms with E-state index in [1.807, 2.05) is 24.3 Å². The molecule has 136 valence electrons. The Morgan fingerprint density at radius 2 is 0.962 bits per heavy atom. The van der Waals surface area contributed by atoms with E-state index in [1.165, 1.54) is 0 Å². The second-order valence-electron chi connectivity index (χ2n) is 6.30. The van der Waals surface area contributed by atoms with Crippen LogP contribution in [0, 0.1) is 11.8 Å². The molecule has 3 rings (SSSR count). The van der Waals surface area contributed by atoms with Crippen molar-refractivity contribution < 1.29 is 19.1 Å². The van der Waals surface area contributed by atoms with Crippen LogP contribution in [0.2, 0.25) is 0 Å². The molecule has 0 atom stereocenters. The zero-order valence-electron chi connectivity index (χ0n) is 14.0. The van der Waals surface area contributed by atoms with Gasteiger partial charge in [-0.1, -0.05) is 31.9 Å². The van der Waals surface area contributed by atoms with Crippen LogP contribution < -0.4 is 9.47 Å². The number of benzene rings is 2. The lowest BCUT2D eigenvalue weighted by atomic mass is 9.82. The molecule has 4 nitrogen and oxygen atoms in total. The van der Waals surface area contributed by atoms with Crippen molar-refractivity contribution >= 4 is 43.8 Å². The van der Waals surface area contributed by atoms with Crippen LogP contribution in [0.1, 0.15) is 25.7 Å². The minimum absolute atomic E-state index is 0.171. The van der Waals surface area contributed by atoms with E-state index in [0.29, 0.717) is 37.2 Å². The molecule has 26 heavy (non-hydrogen) atoms. The molecule has 1 aliphatic rings. The van der Waals surface area contributed by atoms with E-state index in [-0.39, 0.29) is 23.8 Å². The molecule has 0 unspecified atom stereocenters. The van der Waals surface area contributed by atoms with Gasteiger partial charge in [0.05, 0.1) is 11.8 Å². The van der Waals surface area contributed by atoms with E-state index in [9.17, 15) is 9.59 Å². The van der Waals surface area contributed by atoms with E-state index in [4.69, 9.17) is 9.47 Å². The quantitative estimate of drug-likeness (QED) is 0.425. The standard InChI is InChI=1S/C20H18Br2O4/c21-15-5-9-17(10-6-15)25-19(23)13-1-2-14(4-3-13)20(24)26-18-11-7-16(22)8-12-18/h5-14H,1-4H2. The van der Waals surface area contributed by atoms with Crippen molar-refractivity contribution in [1.82, 2.24) is 0 Å². The van der Waals surface area contributed by atoms with Gasteiger partial charge in [0.15, 0.2) is 0 Å². The smallest absolute Gasteiger partial charge is 0.314 e. The van der Waals surface area contributed by atoms with Crippen molar-refractivity contribution in [2.24, 2.45) is 11.8 Å². The van der Waals surface area contributed by atoms with Crippen molar-refractivity contribution in [3.8, 4) is 11.5 Å². The van der Waals surface area contributed by atoms with Gasteiger partial charge in [0.2, 0.25) is 0 Å². The number of hydrogen-bond donors (Lipinski definition) is 0. The highest BCUT2D eigenvalue weighted by Crippen LogP contribution is 2.31. The summed E-state index contributed by atoms with van der Waals surface area (Å²) in [6.07, 6.45) is 2.54. The Morgan fingerprint density at radius 1 is 0.654 bits per heavy atom. The Labute approximate surface area is 169 Å². The predicted octanol–water partition coefficient (Wildman–Crippen LogP) is 5.53. The third kappa shape index (κ3) is 5.17. The number of ether oxygens (including phenoxy) is 2. The van der Waals surface area contributed by atoms with Crippen LogP contribution in [-0.2, 0) is 9.59 Å². The average Bonchev–Trinajstić information content (AvgIpc) is 2.65. The fourth-order valence-corrected chi connectivity index (χ4v) is 3.50. The van der Waals surface area contributed by atoms with E-state index in [0.717, 1.165) is 8.95 Å². The van der Waals surface area contributed by atoms with Gasteiger partial charge in [-0.15, -0.1) is 0 Å². The molecule has 0 heterocycles. The first-order valence-electron chi connectivity index (χ1n) is 8.46. The first-order chi connectivity index (χ1) is 12.5. The second kappa shape index (κ2) is 8.82. The molecule has 1 fully saturated rings. The molecule has 0 bridgehead atoms. The van der Waals surface area contributed by atoms with Gasteiger partial charge in [0.25, 0.3) is 0 Å². The molecule has 0 aliphatic heterocycles. The van der Waals surface area contributed by atoms with Crippen LogP contribution in [0.4, 0.5) is 0 Å². The molecule has 1 saturated carbocycles. The van der Waals surface area contributed by atoms with Crippen LogP contribution in [0.5, 0.6) is 11.5 Å². The third-order valence-electron chi connectivity index (χ3n) is 4.46. The molecule has 6 heteroatoms. The second-order valence-corrected chi connectivity index (χ2v) is 8.13. The molecular formula is C20H18Br2O4. The number of hydrogen-bond acceptors (Lipinski definition) is 4. The van der Waals surface area contributed by atoms with Gasteiger partial charge in [-0.05, 0) is 74.2 Å². The molecule has 0 saturated heterocycles. The van der Waals surface area contributed by atoms with Crippen LogP contribution in [0.15, 0.2) is 57.5 Å². The number of rotatable bonds is 4. The predicted molar refractivity (Wildman–Crippen MR) is 105 cm³/mol. The Hall–Kier alpha value is -1.66. The van der Waals surface area contributed by atoms with Gasteiger partial charge in [0, 0.05) is 8.95 Å². The van der Waals surface area contributed by atoms with Gasteiger partial charge in [-0.25, -0.2) is 0 Å². The van der Waals surface area contributed by atoms with Gasteiger partial charge >= 0.3 is 11.9 Å². The first kappa shape index (κ1) is 19.1. The molecule has 2 aromatic carbocycles. The van der Waals surface area contributed by atoms with Crippen molar-refractivity contribution in [2.75, 3.05) is 0 Å². The van der Waals surface area contributed by atoms with Crippen LogP contribution in [0.3, 0.4) is 0 Å².